The summed E-state index contributed by atoms with van der Waals surface area (Å²) in [4.78, 5) is 14.5. The Bertz CT molecular complexity index is 516. The highest BCUT2D eigenvalue weighted by Crippen LogP contribution is 2.31. The SMILES string of the molecule is Nc1ccc(C(=O)NCC2CCN(C3CC3)C2)cc1F. The van der Waals surface area contributed by atoms with E-state index in [4.69, 9.17) is 5.73 Å². The summed E-state index contributed by atoms with van der Waals surface area (Å²) in [5, 5.41) is 2.89. The van der Waals surface area contributed by atoms with E-state index >= 15 is 0 Å². The maximum Gasteiger partial charge on any atom is 0.251 e. The van der Waals surface area contributed by atoms with E-state index in [0.29, 0.717) is 18.0 Å². The second-order valence-corrected chi connectivity index (χ2v) is 5.83. The second kappa shape index (κ2) is 5.40. The lowest BCUT2D eigenvalue weighted by Crippen LogP contribution is -2.31. The van der Waals surface area contributed by atoms with Crippen LogP contribution in [0.3, 0.4) is 0 Å². The molecule has 1 aromatic carbocycles. The van der Waals surface area contributed by atoms with Crippen LogP contribution in [-0.2, 0) is 0 Å². The Morgan fingerprint density at radius 2 is 2.20 bits per heavy atom. The standard InChI is InChI=1S/C15H20FN3O/c16-13-7-11(1-4-14(13)17)15(20)18-8-10-5-6-19(9-10)12-2-3-12/h1,4,7,10,12H,2-3,5-6,8-9,17H2,(H,18,20). The number of nitrogens with two attached hydrogens (primary N) is 1. The van der Waals surface area contributed by atoms with E-state index in [1.54, 1.807) is 6.07 Å². The van der Waals surface area contributed by atoms with Crippen LogP contribution in [0.2, 0.25) is 0 Å². The van der Waals surface area contributed by atoms with Crippen molar-refractivity contribution in [3.8, 4) is 0 Å². The maximum atomic E-state index is 13.3. The Hall–Kier alpha value is -1.62. The van der Waals surface area contributed by atoms with Crippen LogP contribution < -0.4 is 11.1 Å². The smallest absolute Gasteiger partial charge is 0.251 e. The van der Waals surface area contributed by atoms with E-state index in [-0.39, 0.29) is 11.6 Å². The molecule has 0 spiro atoms. The molecule has 0 aromatic heterocycles. The summed E-state index contributed by atoms with van der Waals surface area (Å²) >= 11 is 0. The first-order chi connectivity index (χ1) is 9.63. The molecule has 1 aliphatic heterocycles. The van der Waals surface area contributed by atoms with Crippen molar-refractivity contribution in [2.75, 3.05) is 25.4 Å². The molecule has 3 rings (SSSR count). The van der Waals surface area contributed by atoms with Crippen LogP contribution in [0.25, 0.3) is 0 Å². The lowest BCUT2D eigenvalue weighted by Gasteiger charge is -2.15. The minimum atomic E-state index is -0.543. The fraction of sp³-hybridized carbons (Fsp3) is 0.533. The topological polar surface area (TPSA) is 58.4 Å². The normalized spacial score (nSPS) is 22.9. The van der Waals surface area contributed by atoms with Crippen LogP contribution in [0.4, 0.5) is 10.1 Å². The Labute approximate surface area is 118 Å². The third-order valence-corrected chi connectivity index (χ3v) is 4.19. The average Bonchev–Trinajstić information content (AvgIpc) is 3.18. The van der Waals surface area contributed by atoms with Crippen LogP contribution >= 0.6 is 0 Å². The predicted octanol–water partition coefficient (Wildman–Crippen LogP) is 1.62. The van der Waals surface area contributed by atoms with Crippen molar-refractivity contribution in [2.24, 2.45) is 5.92 Å². The van der Waals surface area contributed by atoms with E-state index in [1.165, 1.54) is 25.0 Å². The highest BCUT2D eigenvalue weighted by molar-refractivity contribution is 5.94. The van der Waals surface area contributed by atoms with Gasteiger partial charge in [-0.05, 0) is 49.9 Å². The summed E-state index contributed by atoms with van der Waals surface area (Å²) in [6.45, 7) is 2.87. The van der Waals surface area contributed by atoms with Crippen LogP contribution in [0, 0.1) is 11.7 Å². The van der Waals surface area contributed by atoms with Gasteiger partial charge >= 0.3 is 0 Å². The molecule has 3 N–H and O–H groups in total. The number of likely N-dealkylation sites (tertiary alicyclic amines) is 1. The fourth-order valence-electron chi connectivity index (χ4n) is 2.81. The highest BCUT2D eigenvalue weighted by atomic mass is 19.1. The maximum absolute atomic E-state index is 13.3. The number of benzene rings is 1. The lowest BCUT2D eigenvalue weighted by molar-refractivity contribution is 0.0947. The van der Waals surface area contributed by atoms with Gasteiger partial charge < -0.3 is 16.0 Å². The second-order valence-electron chi connectivity index (χ2n) is 5.83. The van der Waals surface area contributed by atoms with Gasteiger partial charge in [-0.25, -0.2) is 4.39 Å². The van der Waals surface area contributed by atoms with Gasteiger partial charge in [0.2, 0.25) is 0 Å². The lowest BCUT2D eigenvalue weighted by atomic mass is 10.1. The molecule has 5 heteroatoms. The molecule has 1 heterocycles. The van der Waals surface area contributed by atoms with Gasteiger partial charge in [-0.15, -0.1) is 0 Å². The highest BCUT2D eigenvalue weighted by Gasteiger charge is 2.34. The van der Waals surface area contributed by atoms with Crippen LogP contribution in [0.15, 0.2) is 18.2 Å². The van der Waals surface area contributed by atoms with Crippen molar-refractivity contribution in [1.82, 2.24) is 10.2 Å². The zero-order valence-electron chi connectivity index (χ0n) is 11.4. The number of carbonyl (C=O) groups excluding carboxylic acids is 1. The molecule has 0 radical (unpaired) electrons. The summed E-state index contributed by atoms with van der Waals surface area (Å²) in [5.74, 6) is -0.259. The van der Waals surface area contributed by atoms with Gasteiger partial charge in [-0.1, -0.05) is 0 Å². The van der Waals surface area contributed by atoms with Gasteiger partial charge in [0.1, 0.15) is 5.82 Å². The van der Waals surface area contributed by atoms with Crippen molar-refractivity contribution in [3.63, 3.8) is 0 Å². The number of nitrogen functional groups attached to an aromatic ring is 1. The number of carbonyl (C=O) groups is 1. The largest absolute Gasteiger partial charge is 0.396 e. The van der Waals surface area contributed by atoms with E-state index in [0.717, 1.165) is 25.6 Å². The fourth-order valence-corrected chi connectivity index (χ4v) is 2.81. The number of anilines is 1. The van der Waals surface area contributed by atoms with E-state index < -0.39 is 5.82 Å². The molecule has 1 saturated carbocycles. The number of amides is 1. The molecule has 108 valence electrons. The van der Waals surface area contributed by atoms with Gasteiger partial charge in [-0.3, -0.25) is 4.79 Å². The summed E-state index contributed by atoms with van der Waals surface area (Å²) in [6, 6.07) is 4.96. The molecule has 2 fully saturated rings. The number of hydrogen-bond donors (Lipinski definition) is 2. The first-order valence-corrected chi connectivity index (χ1v) is 7.21. The molecule has 1 amide bonds. The minimum Gasteiger partial charge on any atom is -0.396 e. The van der Waals surface area contributed by atoms with Crippen molar-refractivity contribution >= 4 is 11.6 Å². The third kappa shape index (κ3) is 2.93. The van der Waals surface area contributed by atoms with Crippen molar-refractivity contribution < 1.29 is 9.18 Å². The minimum absolute atomic E-state index is 0.0671. The predicted molar refractivity (Wildman–Crippen MR) is 75.8 cm³/mol. The zero-order chi connectivity index (χ0) is 14.1. The molecule has 20 heavy (non-hydrogen) atoms. The molecule has 1 unspecified atom stereocenters. The molecule has 2 aliphatic rings. The molecule has 4 nitrogen and oxygen atoms in total. The zero-order valence-corrected chi connectivity index (χ0v) is 11.4. The van der Waals surface area contributed by atoms with Gasteiger partial charge in [0, 0.05) is 24.7 Å². The Morgan fingerprint density at radius 1 is 1.40 bits per heavy atom. The first kappa shape index (κ1) is 13.4. The van der Waals surface area contributed by atoms with Gasteiger partial charge in [0.05, 0.1) is 5.69 Å². The van der Waals surface area contributed by atoms with E-state index in [1.807, 2.05) is 0 Å². The van der Waals surface area contributed by atoms with Crippen molar-refractivity contribution in [3.05, 3.63) is 29.6 Å². The summed E-state index contributed by atoms with van der Waals surface area (Å²) in [7, 11) is 0. The number of nitrogens with one attached hydrogen (secondary N) is 1. The monoisotopic (exact) mass is 277 g/mol. The van der Waals surface area contributed by atoms with E-state index in [9.17, 15) is 9.18 Å². The molecule has 1 saturated heterocycles. The van der Waals surface area contributed by atoms with Crippen LogP contribution in [0.5, 0.6) is 0 Å². The molecule has 0 bridgehead atoms. The molecular formula is C15H20FN3O. The summed E-state index contributed by atoms with van der Waals surface area (Å²) in [5.41, 5.74) is 5.79. The third-order valence-electron chi connectivity index (χ3n) is 4.19. The Balaban J connectivity index is 1.50. The van der Waals surface area contributed by atoms with Crippen molar-refractivity contribution in [1.29, 1.82) is 0 Å². The molecule has 1 aliphatic carbocycles. The number of nitrogens with zero attached hydrogens (tertiary/aromatic N) is 1. The van der Waals surface area contributed by atoms with Gasteiger partial charge in [0.25, 0.3) is 5.91 Å². The summed E-state index contributed by atoms with van der Waals surface area (Å²) < 4.78 is 13.3. The van der Waals surface area contributed by atoms with Crippen LogP contribution in [-0.4, -0.2) is 36.5 Å². The first-order valence-electron chi connectivity index (χ1n) is 7.21. The quantitative estimate of drug-likeness (QED) is 0.822. The molecular weight excluding hydrogens is 257 g/mol. The molecule has 1 atom stereocenters. The number of hydrogen-bond acceptors (Lipinski definition) is 3. The summed E-state index contributed by atoms with van der Waals surface area (Å²) in [6.07, 6.45) is 3.78. The van der Waals surface area contributed by atoms with Gasteiger partial charge in [0.15, 0.2) is 0 Å². The average molecular weight is 277 g/mol. The Kier molecular flexibility index (Phi) is 3.61. The van der Waals surface area contributed by atoms with E-state index in [2.05, 4.69) is 10.2 Å². The van der Waals surface area contributed by atoms with Gasteiger partial charge in [-0.2, -0.15) is 0 Å². The Morgan fingerprint density at radius 3 is 2.90 bits per heavy atom. The van der Waals surface area contributed by atoms with Crippen LogP contribution in [0.1, 0.15) is 29.6 Å². The van der Waals surface area contributed by atoms with Crippen molar-refractivity contribution in [2.45, 2.75) is 25.3 Å². The molecule has 1 aromatic rings. The number of halogens is 1. The number of rotatable bonds is 4.